The van der Waals surface area contributed by atoms with Crippen LogP contribution in [0.15, 0.2) is 53.4 Å². The predicted octanol–water partition coefficient (Wildman–Crippen LogP) is 6.99. The van der Waals surface area contributed by atoms with Gasteiger partial charge >= 0.3 is 5.97 Å². The minimum Gasteiger partial charge on any atom is -0.495 e. The van der Waals surface area contributed by atoms with Crippen molar-refractivity contribution >= 4 is 68.7 Å². The molecule has 1 aliphatic carbocycles. The van der Waals surface area contributed by atoms with E-state index in [4.69, 9.17) is 21.7 Å². The first kappa shape index (κ1) is 28.9. The van der Waals surface area contributed by atoms with Crippen molar-refractivity contribution < 1.29 is 19.1 Å². The molecule has 0 fully saturated rings. The van der Waals surface area contributed by atoms with E-state index in [0.717, 1.165) is 41.1 Å². The van der Waals surface area contributed by atoms with Crippen LogP contribution in [0.5, 0.6) is 5.75 Å². The molecule has 0 bridgehead atoms. The minimum absolute atomic E-state index is 0.163. The second-order valence-electron chi connectivity index (χ2n) is 9.33. The molecule has 7 nitrogen and oxygen atoms in total. The number of esters is 1. The molecule has 2 atom stereocenters. The number of ether oxygens (including phenoxy) is 2. The third-order valence-electron chi connectivity index (χ3n) is 6.36. The molecular weight excluding hydrogens is 551 g/mol. The summed E-state index contributed by atoms with van der Waals surface area (Å²) in [5, 5.41) is 9.99. The third kappa shape index (κ3) is 7.32. The Bertz CT molecular complexity index is 1360. The Morgan fingerprint density at radius 3 is 2.72 bits per heavy atom. The highest BCUT2D eigenvalue weighted by Gasteiger charge is 2.30. The Hall–Kier alpha value is -3.08. The number of hydrogen-bond donors (Lipinski definition) is 3. The molecule has 3 N–H and O–H groups in total. The van der Waals surface area contributed by atoms with Crippen molar-refractivity contribution in [2.75, 3.05) is 29.7 Å². The maximum Gasteiger partial charge on any atom is 0.341 e. The lowest BCUT2D eigenvalue weighted by Gasteiger charge is -2.18. The van der Waals surface area contributed by atoms with E-state index in [0.29, 0.717) is 34.0 Å². The zero-order chi connectivity index (χ0) is 27.9. The Kier molecular flexibility index (Phi) is 9.88. The summed E-state index contributed by atoms with van der Waals surface area (Å²) in [6, 6.07) is 15.3. The van der Waals surface area contributed by atoms with Crippen molar-refractivity contribution in [3.63, 3.8) is 0 Å². The standard InChI is InChI=1S/C29H33N3O4S3/c1-5-36-28(34)25-21-14-13-17(2)15-24(21)39-27(25)32-26(33)18(3)38-20-10-8-9-19(16-20)30-29(37)31-22-11-6-7-12-23(22)35-4/h6-12,16-18H,5,13-15H2,1-4H3,(H,32,33)(H2,30,31,37). The number of rotatable bonds is 9. The summed E-state index contributed by atoms with van der Waals surface area (Å²) in [7, 11) is 1.61. The molecule has 2 aromatic carbocycles. The number of thiocarbonyl (C=S) groups is 1. The van der Waals surface area contributed by atoms with Gasteiger partial charge in [-0.3, -0.25) is 4.79 Å². The van der Waals surface area contributed by atoms with E-state index in [1.165, 1.54) is 28.0 Å². The molecule has 1 heterocycles. The van der Waals surface area contributed by atoms with Crippen molar-refractivity contribution in [3.05, 3.63) is 64.5 Å². The largest absolute Gasteiger partial charge is 0.495 e. The van der Waals surface area contributed by atoms with Crippen LogP contribution < -0.4 is 20.7 Å². The molecule has 206 valence electrons. The zero-order valence-corrected chi connectivity index (χ0v) is 24.9. The highest BCUT2D eigenvalue weighted by atomic mass is 32.2. The van der Waals surface area contributed by atoms with Crippen LogP contribution in [0.2, 0.25) is 0 Å². The quantitative estimate of drug-likeness (QED) is 0.141. The molecule has 0 saturated carbocycles. The maximum absolute atomic E-state index is 13.2. The van der Waals surface area contributed by atoms with Crippen molar-refractivity contribution in [3.8, 4) is 5.75 Å². The Morgan fingerprint density at radius 1 is 1.15 bits per heavy atom. The predicted molar refractivity (Wildman–Crippen MR) is 165 cm³/mol. The topological polar surface area (TPSA) is 88.7 Å². The van der Waals surface area contributed by atoms with E-state index in [1.54, 1.807) is 14.0 Å². The van der Waals surface area contributed by atoms with Gasteiger partial charge < -0.3 is 25.4 Å². The molecule has 1 aromatic heterocycles. The second-order valence-corrected chi connectivity index (χ2v) is 12.3. The molecular formula is C29H33N3O4S3. The SMILES string of the molecule is CCOC(=O)c1c(NC(=O)C(C)Sc2cccc(NC(=S)Nc3ccccc3OC)c2)sc2c1CCC(C)C2. The van der Waals surface area contributed by atoms with E-state index in [1.807, 2.05) is 55.5 Å². The number of benzene rings is 2. The fourth-order valence-corrected chi connectivity index (χ4v) is 6.96. The fraction of sp³-hybridized carbons (Fsp3) is 0.345. The number of carbonyl (C=O) groups is 2. The van der Waals surface area contributed by atoms with Gasteiger partial charge in [0.1, 0.15) is 10.8 Å². The maximum atomic E-state index is 13.2. The van der Waals surface area contributed by atoms with Gasteiger partial charge in [-0.05, 0) is 87.1 Å². The average molecular weight is 584 g/mol. The van der Waals surface area contributed by atoms with Crippen LogP contribution in [-0.2, 0) is 22.4 Å². The lowest BCUT2D eigenvalue weighted by Crippen LogP contribution is -2.23. The molecule has 1 amide bonds. The molecule has 0 spiro atoms. The summed E-state index contributed by atoms with van der Waals surface area (Å²) in [4.78, 5) is 28.1. The van der Waals surface area contributed by atoms with Crippen molar-refractivity contribution in [1.82, 2.24) is 0 Å². The van der Waals surface area contributed by atoms with Gasteiger partial charge in [-0.25, -0.2) is 4.79 Å². The number of fused-ring (bicyclic) bond motifs is 1. The average Bonchev–Trinajstić information content (AvgIpc) is 3.26. The molecule has 39 heavy (non-hydrogen) atoms. The van der Waals surface area contributed by atoms with Gasteiger partial charge in [0.05, 0.1) is 30.2 Å². The molecule has 0 radical (unpaired) electrons. The van der Waals surface area contributed by atoms with Gasteiger partial charge in [-0.15, -0.1) is 23.1 Å². The molecule has 1 aliphatic rings. The number of methoxy groups -OCH3 is 1. The van der Waals surface area contributed by atoms with Crippen molar-refractivity contribution in [1.29, 1.82) is 0 Å². The highest BCUT2D eigenvalue weighted by Crippen LogP contribution is 2.40. The summed E-state index contributed by atoms with van der Waals surface area (Å²) in [5.41, 5.74) is 3.12. The van der Waals surface area contributed by atoms with Gasteiger partial charge in [0.15, 0.2) is 5.11 Å². The summed E-state index contributed by atoms with van der Waals surface area (Å²) in [6.45, 7) is 6.16. The van der Waals surface area contributed by atoms with Crippen molar-refractivity contribution in [2.24, 2.45) is 5.92 Å². The van der Waals surface area contributed by atoms with E-state index in [-0.39, 0.29) is 11.9 Å². The number of thiophene rings is 1. The first-order chi connectivity index (χ1) is 18.8. The smallest absolute Gasteiger partial charge is 0.341 e. The Labute approximate surface area is 243 Å². The van der Waals surface area contributed by atoms with Crippen LogP contribution in [0, 0.1) is 5.92 Å². The third-order valence-corrected chi connectivity index (χ3v) is 8.82. The van der Waals surface area contributed by atoms with Crippen LogP contribution in [0.1, 0.15) is 48.0 Å². The minimum atomic E-state index is -0.396. The monoisotopic (exact) mass is 583 g/mol. The number of anilines is 3. The first-order valence-electron chi connectivity index (χ1n) is 12.9. The number of hydrogen-bond acceptors (Lipinski definition) is 7. The van der Waals surface area contributed by atoms with Gasteiger partial charge in [0.2, 0.25) is 5.91 Å². The van der Waals surface area contributed by atoms with Gasteiger partial charge in [-0.1, -0.05) is 25.1 Å². The van der Waals surface area contributed by atoms with Crippen LogP contribution >= 0.6 is 35.3 Å². The summed E-state index contributed by atoms with van der Waals surface area (Å²) in [5.74, 6) is 0.724. The highest BCUT2D eigenvalue weighted by molar-refractivity contribution is 8.00. The number of amides is 1. The lowest BCUT2D eigenvalue weighted by atomic mass is 9.88. The molecule has 0 aliphatic heterocycles. The molecule has 3 aromatic rings. The Morgan fingerprint density at radius 2 is 1.95 bits per heavy atom. The fourth-order valence-electron chi connectivity index (χ4n) is 4.41. The summed E-state index contributed by atoms with van der Waals surface area (Å²) in [6.07, 6.45) is 2.77. The number of carbonyl (C=O) groups excluding carboxylic acids is 2. The lowest BCUT2D eigenvalue weighted by molar-refractivity contribution is -0.115. The molecule has 10 heteroatoms. The number of para-hydroxylation sites is 2. The Balaban J connectivity index is 1.41. The second kappa shape index (κ2) is 13.3. The molecule has 4 rings (SSSR count). The van der Waals surface area contributed by atoms with Gasteiger partial charge in [0.25, 0.3) is 0 Å². The van der Waals surface area contributed by atoms with Crippen LogP contribution in [-0.4, -0.2) is 36.0 Å². The zero-order valence-electron chi connectivity index (χ0n) is 22.5. The van der Waals surface area contributed by atoms with Crippen LogP contribution in [0.25, 0.3) is 0 Å². The van der Waals surface area contributed by atoms with E-state index in [9.17, 15) is 9.59 Å². The number of nitrogens with one attached hydrogen (secondary N) is 3. The van der Waals surface area contributed by atoms with Crippen LogP contribution in [0.4, 0.5) is 16.4 Å². The van der Waals surface area contributed by atoms with Gasteiger partial charge in [0, 0.05) is 15.5 Å². The van der Waals surface area contributed by atoms with Gasteiger partial charge in [-0.2, -0.15) is 0 Å². The van der Waals surface area contributed by atoms with E-state index in [2.05, 4.69) is 22.9 Å². The van der Waals surface area contributed by atoms with E-state index >= 15 is 0 Å². The molecule has 0 saturated heterocycles. The molecule has 2 unspecified atom stereocenters. The van der Waals surface area contributed by atoms with Crippen molar-refractivity contribution in [2.45, 2.75) is 50.2 Å². The summed E-state index contributed by atoms with van der Waals surface area (Å²) >= 11 is 8.42. The first-order valence-corrected chi connectivity index (χ1v) is 15.0. The number of thioether (sulfide) groups is 1. The summed E-state index contributed by atoms with van der Waals surface area (Å²) < 4.78 is 10.7. The normalized spacial score (nSPS) is 15.0. The van der Waals surface area contributed by atoms with Crippen LogP contribution in [0.3, 0.4) is 0 Å². The van der Waals surface area contributed by atoms with E-state index < -0.39 is 5.25 Å².